The zero-order valence-electron chi connectivity index (χ0n) is 17.9. The lowest BCUT2D eigenvalue weighted by atomic mass is 9.87. The first-order chi connectivity index (χ1) is 14.9. The van der Waals surface area contributed by atoms with Crippen LogP contribution in [0.3, 0.4) is 0 Å². The zero-order valence-corrected chi connectivity index (χ0v) is 17.9. The van der Waals surface area contributed by atoms with Gasteiger partial charge in [-0.15, -0.1) is 0 Å². The Balaban J connectivity index is 1.78. The van der Waals surface area contributed by atoms with E-state index >= 15 is 0 Å². The van der Waals surface area contributed by atoms with Gasteiger partial charge < -0.3 is 26.3 Å². The molecule has 1 aliphatic carbocycles. The van der Waals surface area contributed by atoms with Crippen LogP contribution in [0.2, 0.25) is 0 Å². The summed E-state index contributed by atoms with van der Waals surface area (Å²) < 4.78 is 10.6. The zero-order chi connectivity index (χ0) is 22.3. The normalized spacial score (nSPS) is 20.4. The van der Waals surface area contributed by atoms with Crippen LogP contribution in [-0.4, -0.2) is 36.6 Å². The molecule has 7 nitrogen and oxygen atoms in total. The first-order valence-corrected chi connectivity index (χ1v) is 10.6. The van der Waals surface area contributed by atoms with E-state index in [1.54, 1.807) is 31.4 Å². The number of benzene rings is 2. The van der Waals surface area contributed by atoms with Crippen LogP contribution in [0.5, 0.6) is 5.75 Å². The van der Waals surface area contributed by atoms with Gasteiger partial charge in [0.25, 0.3) is 5.91 Å². The van der Waals surface area contributed by atoms with Crippen molar-refractivity contribution in [2.45, 2.75) is 56.3 Å². The number of ether oxygens (including phenoxy) is 2. The van der Waals surface area contributed by atoms with Crippen LogP contribution < -0.4 is 21.5 Å². The van der Waals surface area contributed by atoms with E-state index in [1.807, 2.05) is 30.3 Å². The van der Waals surface area contributed by atoms with Crippen molar-refractivity contribution >= 4 is 11.9 Å². The molecule has 2 aromatic carbocycles. The molecule has 1 aliphatic rings. The molecule has 2 aromatic rings. The molecule has 0 bridgehead atoms. The third-order valence-electron chi connectivity index (χ3n) is 5.76. The molecule has 1 amide bonds. The molecule has 0 radical (unpaired) electrons. The molecular formula is C24H31N3O4. The Kier molecular flexibility index (Phi) is 7.65. The van der Waals surface area contributed by atoms with E-state index in [1.165, 1.54) is 0 Å². The summed E-state index contributed by atoms with van der Waals surface area (Å²) in [6.07, 6.45) is 3.61. The van der Waals surface area contributed by atoms with Crippen molar-refractivity contribution in [3.05, 3.63) is 65.7 Å². The fourth-order valence-electron chi connectivity index (χ4n) is 3.80. The molecule has 166 valence electrons. The summed E-state index contributed by atoms with van der Waals surface area (Å²) in [6, 6.07) is 16.0. The Hall–Kier alpha value is -2.90. The van der Waals surface area contributed by atoms with Crippen LogP contribution in [0.4, 0.5) is 0 Å². The van der Waals surface area contributed by atoms with Gasteiger partial charge in [0.1, 0.15) is 12.4 Å². The molecule has 5 N–H and O–H groups in total. The predicted molar refractivity (Wildman–Crippen MR) is 118 cm³/mol. The Morgan fingerprint density at radius 2 is 1.71 bits per heavy atom. The highest BCUT2D eigenvalue weighted by Gasteiger charge is 2.45. The van der Waals surface area contributed by atoms with Crippen molar-refractivity contribution in [3.8, 4) is 5.75 Å². The third kappa shape index (κ3) is 5.83. The number of esters is 1. The van der Waals surface area contributed by atoms with E-state index in [0.717, 1.165) is 36.8 Å². The highest BCUT2D eigenvalue weighted by molar-refractivity contribution is 6.07. The molecular weight excluding hydrogens is 394 g/mol. The molecule has 31 heavy (non-hydrogen) atoms. The fraction of sp³-hybridized carbons (Fsp3) is 0.417. The first-order valence-electron chi connectivity index (χ1n) is 10.6. The summed E-state index contributed by atoms with van der Waals surface area (Å²) in [7, 11) is 1.57. The average Bonchev–Trinajstić information content (AvgIpc) is 2.80. The van der Waals surface area contributed by atoms with Gasteiger partial charge >= 0.3 is 5.97 Å². The van der Waals surface area contributed by atoms with E-state index in [-0.39, 0.29) is 25.1 Å². The van der Waals surface area contributed by atoms with Crippen LogP contribution >= 0.6 is 0 Å². The van der Waals surface area contributed by atoms with E-state index in [9.17, 15) is 9.59 Å². The molecule has 1 fully saturated rings. The summed E-state index contributed by atoms with van der Waals surface area (Å²) in [4.78, 5) is 26.3. The molecule has 7 heteroatoms. The SMILES string of the molecule is COc1ccc(C[C@](N)(C(=O)NC2CCCCC2N)C(=O)OCc2ccccc2)cc1. The van der Waals surface area contributed by atoms with Crippen molar-refractivity contribution in [2.24, 2.45) is 11.5 Å². The molecule has 0 aliphatic heterocycles. The van der Waals surface area contributed by atoms with Crippen molar-refractivity contribution in [3.63, 3.8) is 0 Å². The summed E-state index contributed by atoms with van der Waals surface area (Å²) in [5, 5.41) is 2.92. The summed E-state index contributed by atoms with van der Waals surface area (Å²) in [5.74, 6) is -0.659. The van der Waals surface area contributed by atoms with Gasteiger partial charge in [-0.1, -0.05) is 55.3 Å². The second-order valence-electron chi connectivity index (χ2n) is 8.09. The Labute approximate surface area is 183 Å². The summed E-state index contributed by atoms with van der Waals surface area (Å²) >= 11 is 0. The standard InChI is InChI=1S/C24H31N3O4/c1-30-19-13-11-17(12-14-19)15-24(26,22(28)27-21-10-6-5-9-20(21)25)23(29)31-16-18-7-3-2-4-8-18/h2-4,7-8,11-14,20-21H,5-6,9-10,15-16,25-26H2,1H3,(H,27,28)/t20?,21?,24-/m0/s1. The lowest BCUT2D eigenvalue weighted by Gasteiger charge is -2.33. The largest absolute Gasteiger partial charge is 0.497 e. The Morgan fingerprint density at radius 3 is 2.35 bits per heavy atom. The van der Waals surface area contributed by atoms with Gasteiger partial charge in [0.15, 0.2) is 5.54 Å². The number of carbonyl (C=O) groups excluding carboxylic acids is 2. The molecule has 1 saturated carbocycles. The fourth-order valence-corrected chi connectivity index (χ4v) is 3.80. The van der Waals surface area contributed by atoms with Crippen molar-refractivity contribution in [1.29, 1.82) is 0 Å². The minimum atomic E-state index is -1.87. The van der Waals surface area contributed by atoms with E-state index in [0.29, 0.717) is 5.75 Å². The molecule has 3 atom stereocenters. The number of methoxy groups -OCH3 is 1. The quantitative estimate of drug-likeness (QED) is 0.440. The Bertz CT molecular complexity index is 872. The number of hydrogen-bond donors (Lipinski definition) is 3. The minimum absolute atomic E-state index is 0.00158. The van der Waals surface area contributed by atoms with Gasteiger partial charge in [-0.2, -0.15) is 0 Å². The Morgan fingerprint density at radius 1 is 1.03 bits per heavy atom. The number of amides is 1. The van der Waals surface area contributed by atoms with Crippen molar-refractivity contribution < 1.29 is 19.1 Å². The van der Waals surface area contributed by atoms with Gasteiger partial charge in [0.2, 0.25) is 0 Å². The molecule has 2 unspecified atom stereocenters. The maximum absolute atomic E-state index is 13.2. The number of nitrogens with one attached hydrogen (secondary N) is 1. The van der Waals surface area contributed by atoms with Gasteiger partial charge in [-0.05, 0) is 36.1 Å². The number of rotatable bonds is 8. The highest BCUT2D eigenvalue weighted by Crippen LogP contribution is 2.21. The van der Waals surface area contributed by atoms with E-state index in [4.69, 9.17) is 20.9 Å². The smallest absolute Gasteiger partial charge is 0.336 e. The van der Waals surface area contributed by atoms with Crippen LogP contribution in [0.15, 0.2) is 54.6 Å². The van der Waals surface area contributed by atoms with Gasteiger partial charge in [-0.25, -0.2) is 4.79 Å². The topological polar surface area (TPSA) is 117 Å². The first kappa shape index (κ1) is 22.8. The van der Waals surface area contributed by atoms with Crippen molar-refractivity contribution in [2.75, 3.05) is 7.11 Å². The van der Waals surface area contributed by atoms with Crippen LogP contribution in [-0.2, 0) is 27.4 Å². The van der Waals surface area contributed by atoms with E-state index < -0.39 is 17.4 Å². The third-order valence-corrected chi connectivity index (χ3v) is 5.76. The van der Waals surface area contributed by atoms with Gasteiger partial charge in [-0.3, -0.25) is 4.79 Å². The van der Waals surface area contributed by atoms with Crippen LogP contribution in [0.1, 0.15) is 36.8 Å². The average molecular weight is 426 g/mol. The van der Waals surface area contributed by atoms with Gasteiger partial charge in [0.05, 0.1) is 7.11 Å². The lowest BCUT2D eigenvalue weighted by molar-refractivity contribution is -0.156. The molecule has 0 saturated heterocycles. The summed E-state index contributed by atoms with van der Waals surface area (Å²) in [5.41, 5.74) is 12.3. The number of carbonyl (C=O) groups is 2. The number of hydrogen-bond acceptors (Lipinski definition) is 6. The molecule has 3 rings (SSSR count). The second-order valence-corrected chi connectivity index (χ2v) is 8.09. The van der Waals surface area contributed by atoms with Crippen LogP contribution in [0, 0.1) is 0 Å². The summed E-state index contributed by atoms with van der Waals surface area (Å²) in [6.45, 7) is 0.0391. The highest BCUT2D eigenvalue weighted by atomic mass is 16.5. The minimum Gasteiger partial charge on any atom is -0.497 e. The molecule has 0 spiro atoms. The van der Waals surface area contributed by atoms with E-state index in [2.05, 4.69) is 5.32 Å². The maximum atomic E-state index is 13.2. The predicted octanol–water partition coefficient (Wildman–Crippen LogP) is 2.06. The second kappa shape index (κ2) is 10.4. The maximum Gasteiger partial charge on any atom is 0.336 e. The molecule has 0 heterocycles. The van der Waals surface area contributed by atoms with Crippen LogP contribution in [0.25, 0.3) is 0 Å². The number of nitrogens with two attached hydrogens (primary N) is 2. The van der Waals surface area contributed by atoms with Gasteiger partial charge in [0, 0.05) is 18.5 Å². The van der Waals surface area contributed by atoms with Crippen molar-refractivity contribution in [1.82, 2.24) is 5.32 Å². The monoisotopic (exact) mass is 425 g/mol. The lowest BCUT2D eigenvalue weighted by Crippen LogP contribution is -2.64. The molecule has 0 aromatic heterocycles.